The predicted octanol–water partition coefficient (Wildman–Crippen LogP) is 3.24. The number of benzene rings is 1. The van der Waals surface area contributed by atoms with Crippen molar-refractivity contribution in [1.29, 1.82) is 0 Å². The van der Waals surface area contributed by atoms with Crippen molar-refractivity contribution in [3.8, 4) is 0 Å². The summed E-state index contributed by atoms with van der Waals surface area (Å²) in [5.74, 6) is 1.09. The topological polar surface area (TPSA) is 65.4 Å². The number of hydrogen-bond acceptors (Lipinski definition) is 5. The van der Waals surface area contributed by atoms with Gasteiger partial charge in [-0.05, 0) is 29.7 Å². The minimum absolute atomic E-state index is 0.0691. The number of aromatic nitrogens is 3. The van der Waals surface area contributed by atoms with Crippen molar-refractivity contribution in [2.75, 3.05) is 37.0 Å². The highest BCUT2D eigenvalue weighted by Gasteiger charge is 2.05. The monoisotopic (exact) mass is 453 g/mol. The van der Waals surface area contributed by atoms with Gasteiger partial charge in [0.05, 0.1) is 13.2 Å². The Bertz CT molecular complexity index is 949. The Morgan fingerprint density at radius 3 is 2.22 bits per heavy atom. The summed E-state index contributed by atoms with van der Waals surface area (Å²) in [5.41, 5.74) is 3.28. The number of aryl methyl sites for hydroxylation is 2. The number of hydrogen-bond donors (Lipinski definition) is 2. The molecule has 2 aromatic heterocycles. The molecule has 0 aliphatic rings. The summed E-state index contributed by atoms with van der Waals surface area (Å²) in [6, 6.07) is 12.4. The number of thioether (sulfide) groups is 1. The Morgan fingerprint density at radius 1 is 0.969 bits per heavy atom. The molecular weight excluding hydrogens is 420 g/mol. The first-order valence-corrected chi connectivity index (χ1v) is 12.0. The van der Waals surface area contributed by atoms with Crippen molar-refractivity contribution in [1.82, 2.24) is 9.55 Å². The van der Waals surface area contributed by atoms with Crippen LogP contribution in [-0.2, 0) is 13.6 Å². The zero-order valence-corrected chi connectivity index (χ0v) is 19.5. The fourth-order valence-electron chi connectivity index (χ4n) is 3.38. The van der Waals surface area contributed by atoms with Gasteiger partial charge in [0.2, 0.25) is 0 Å². The molecule has 0 bridgehead atoms. The summed E-state index contributed by atoms with van der Waals surface area (Å²) in [6.07, 6.45) is 14.6. The van der Waals surface area contributed by atoms with Crippen LogP contribution in [-0.4, -0.2) is 51.8 Å². The molecule has 0 fully saturated rings. The van der Waals surface area contributed by atoms with Crippen molar-refractivity contribution >= 4 is 29.6 Å². The minimum atomic E-state index is 0.0691. The first-order chi connectivity index (χ1) is 15.7. The molecule has 0 saturated carbocycles. The molecule has 32 heavy (non-hydrogen) atoms. The lowest BCUT2D eigenvalue weighted by Crippen LogP contribution is -2.32. The highest BCUT2D eigenvalue weighted by Crippen LogP contribution is 2.17. The lowest BCUT2D eigenvalue weighted by Gasteiger charge is -2.22. The van der Waals surface area contributed by atoms with Crippen LogP contribution in [0, 0.1) is 0 Å². The fourth-order valence-corrected chi connectivity index (χ4v) is 4.31. The lowest BCUT2D eigenvalue weighted by molar-refractivity contribution is -0.697. The zero-order valence-electron chi connectivity index (χ0n) is 18.7. The van der Waals surface area contributed by atoms with E-state index in [-0.39, 0.29) is 13.2 Å². The van der Waals surface area contributed by atoms with E-state index in [1.807, 2.05) is 48.2 Å². The van der Waals surface area contributed by atoms with Crippen LogP contribution >= 0.6 is 11.8 Å². The van der Waals surface area contributed by atoms with Gasteiger partial charge in [-0.1, -0.05) is 36.0 Å². The molecule has 6 nitrogen and oxygen atoms in total. The minimum Gasteiger partial charge on any atom is -0.395 e. The number of aliphatic hydroxyl groups is 2. The standard InChI is InChI=1S/C25H33N4O2S/c1-27-16-12-26-25(27)32-21-3-2-13-28-14-10-23(11-15-28)5-4-22-6-8-24(9-7-22)29(17-19-30)18-20-31/h4-12,14-16,30-31H,2-3,13,17-21H2,1H3/q+1. The molecule has 0 amide bonds. The molecule has 2 heterocycles. The van der Waals surface area contributed by atoms with Crippen molar-refractivity contribution in [3.05, 3.63) is 72.3 Å². The summed E-state index contributed by atoms with van der Waals surface area (Å²) < 4.78 is 4.29. The molecule has 2 N–H and O–H groups in total. The molecule has 7 heteroatoms. The van der Waals surface area contributed by atoms with Crippen molar-refractivity contribution in [2.45, 2.75) is 24.5 Å². The second kappa shape index (κ2) is 13.1. The summed E-state index contributed by atoms with van der Waals surface area (Å²) >= 11 is 1.81. The van der Waals surface area contributed by atoms with E-state index >= 15 is 0 Å². The van der Waals surface area contributed by atoms with Gasteiger partial charge in [0.15, 0.2) is 17.6 Å². The molecule has 3 aromatic rings. The largest absolute Gasteiger partial charge is 0.395 e. The van der Waals surface area contributed by atoms with E-state index in [1.54, 1.807) is 0 Å². The molecule has 0 saturated heterocycles. The average molecular weight is 454 g/mol. The summed E-state index contributed by atoms with van der Waals surface area (Å²) in [4.78, 5) is 6.31. The number of aliphatic hydroxyl groups excluding tert-OH is 2. The third kappa shape index (κ3) is 7.51. The van der Waals surface area contributed by atoms with Crippen LogP contribution in [0.1, 0.15) is 24.0 Å². The van der Waals surface area contributed by atoms with Gasteiger partial charge in [-0.2, -0.15) is 0 Å². The van der Waals surface area contributed by atoms with Crippen LogP contribution < -0.4 is 9.47 Å². The third-order valence-corrected chi connectivity index (χ3v) is 6.35. The highest BCUT2D eigenvalue weighted by molar-refractivity contribution is 7.99. The summed E-state index contributed by atoms with van der Waals surface area (Å²) in [7, 11) is 2.03. The predicted molar refractivity (Wildman–Crippen MR) is 132 cm³/mol. The normalized spacial score (nSPS) is 11.3. The second-order valence-electron chi connectivity index (χ2n) is 7.60. The Balaban J connectivity index is 1.44. The van der Waals surface area contributed by atoms with Crippen LogP contribution in [0.3, 0.4) is 0 Å². The molecule has 0 unspecified atom stereocenters. The Hall–Kier alpha value is -2.61. The smallest absolute Gasteiger partial charge is 0.169 e. The van der Waals surface area contributed by atoms with Gasteiger partial charge in [-0.25, -0.2) is 9.55 Å². The molecule has 170 valence electrons. The van der Waals surface area contributed by atoms with E-state index in [0.717, 1.165) is 47.1 Å². The molecule has 0 atom stereocenters. The van der Waals surface area contributed by atoms with Crippen molar-refractivity contribution in [2.24, 2.45) is 7.05 Å². The quantitative estimate of drug-likeness (QED) is 0.236. The molecule has 0 radical (unpaired) electrons. The van der Waals surface area contributed by atoms with Crippen molar-refractivity contribution in [3.63, 3.8) is 0 Å². The Labute approximate surface area is 194 Å². The summed E-state index contributed by atoms with van der Waals surface area (Å²) in [6.45, 7) is 2.19. The number of rotatable bonds is 13. The molecular formula is C25H33N4O2S+. The molecule has 0 aliphatic heterocycles. The van der Waals surface area contributed by atoms with Crippen LogP contribution in [0.2, 0.25) is 0 Å². The van der Waals surface area contributed by atoms with Gasteiger partial charge >= 0.3 is 0 Å². The molecule has 0 spiro atoms. The lowest BCUT2D eigenvalue weighted by atomic mass is 10.1. The SMILES string of the molecule is Cn1ccnc1SCCCC[n+]1ccc(/C=C/c2ccc(N(CCO)CCO)cc2)cc1. The first kappa shape index (κ1) is 24.0. The van der Waals surface area contributed by atoms with E-state index < -0.39 is 0 Å². The Kier molecular flexibility index (Phi) is 9.81. The molecule has 3 rings (SSSR count). The van der Waals surface area contributed by atoms with E-state index in [9.17, 15) is 10.2 Å². The van der Waals surface area contributed by atoms with Crippen LogP contribution in [0.15, 0.2) is 66.3 Å². The first-order valence-electron chi connectivity index (χ1n) is 11.0. The molecule has 0 aliphatic carbocycles. The Morgan fingerprint density at radius 2 is 1.62 bits per heavy atom. The summed E-state index contributed by atoms with van der Waals surface area (Å²) in [5, 5.41) is 19.4. The number of anilines is 1. The van der Waals surface area contributed by atoms with Gasteiger partial charge < -0.3 is 19.7 Å². The van der Waals surface area contributed by atoms with Crippen LogP contribution in [0.5, 0.6) is 0 Å². The van der Waals surface area contributed by atoms with Gasteiger partial charge in [0.1, 0.15) is 6.54 Å². The van der Waals surface area contributed by atoms with Crippen molar-refractivity contribution < 1.29 is 14.8 Å². The number of imidazole rings is 1. The van der Waals surface area contributed by atoms with Gasteiger partial charge in [-0.3, -0.25) is 0 Å². The third-order valence-electron chi connectivity index (χ3n) is 5.20. The van der Waals surface area contributed by atoms with Crippen LogP contribution in [0.25, 0.3) is 12.2 Å². The highest BCUT2D eigenvalue weighted by atomic mass is 32.2. The number of pyridine rings is 1. The van der Waals surface area contributed by atoms with Gasteiger partial charge in [0.25, 0.3) is 0 Å². The van der Waals surface area contributed by atoms with E-state index in [4.69, 9.17) is 0 Å². The average Bonchev–Trinajstić information content (AvgIpc) is 3.23. The second-order valence-corrected chi connectivity index (χ2v) is 8.67. The maximum atomic E-state index is 9.19. The molecule has 1 aromatic carbocycles. The van der Waals surface area contributed by atoms with E-state index in [1.165, 1.54) is 0 Å². The number of nitrogens with zero attached hydrogens (tertiary/aromatic N) is 4. The zero-order chi connectivity index (χ0) is 22.6. The van der Waals surface area contributed by atoms with E-state index in [2.05, 4.69) is 62.9 Å². The van der Waals surface area contributed by atoms with Gasteiger partial charge in [0, 0.05) is 62.5 Å². The maximum absolute atomic E-state index is 9.19. The van der Waals surface area contributed by atoms with E-state index in [0.29, 0.717) is 13.1 Å². The van der Waals surface area contributed by atoms with Gasteiger partial charge in [-0.15, -0.1) is 0 Å². The maximum Gasteiger partial charge on any atom is 0.169 e. The van der Waals surface area contributed by atoms with Crippen LogP contribution in [0.4, 0.5) is 5.69 Å². The number of unbranched alkanes of at least 4 members (excludes halogenated alkanes) is 1. The fraction of sp³-hybridized carbons (Fsp3) is 0.360.